The molecule has 1 amide bonds. The lowest BCUT2D eigenvalue weighted by atomic mass is 9.86. The van der Waals surface area contributed by atoms with Gasteiger partial charge in [0.2, 0.25) is 0 Å². The van der Waals surface area contributed by atoms with E-state index in [1.165, 1.54) is 0 Å². The van der Waals surface area contributed by atoms with E-state index >= 15 is 0 Å². The quantitative estimate of drug-likeness (QED) is 0.232. The number of aromatic nitrogens is 4. The second-order valence-corrected chi connectivity index (χ2v) is 8.97. The molecule has 8 nitrogen and oxygen atoms in total. The zero-order valence-corrected chi connectivity index (χ0v) is 20.0. The Balaban J connectivity index is 1.22. The van der Waals surface area contributed by atoms with Gasteiger partial charge in [-0.05, 0) is 62.4 Å². The molecular weight excluding hydrogens is 453 g/mol. The van der Waals surface area contributed by atoms with Gasteiger partial charge in [-0.25, -0.2) is 0 Å². The van der Waals surface area contributed by atoms with Crippen molar-refractivity contribution in [2.75, 3.05) is 6.61 Å². The fourth-order valence-electron chi connectivity index (χ4n) is 4.28. The average Bonchev–Trinajstić information content (AvgIpc) is 3.34. The molecule has 182 valence electrons. The molecule has 1 unspecified atom stereocenters. The second kappa shape index (κ2) is 11.2. The predicted molar refractivity (Wildman–Crippen MR) is 136 cm³/mol. The topological polar surface area (TPSA) is 97.1 Å². The van der Waals surface area contributed by atoms with E-state index in [0.717, 1.165) is 67.0 Å². The monoisotopic (exact) mass is 481 g/mol. The van der Waals surface area contributed by atoms with E-state index in [9.17, 15) is 4.79 Å². The number of para-hydroxylation sites is 1. The number of hydrogen-bond acceptors (Lipinski definition) is 6. The van der Waals surface area contributed by atoms with Crippen LogP contribution in [0.1, 0.15) is 59.8 Å². The number of H-pyrrole nitrogens is 1. The van der Waals surface area contributed by atoms with Crippen LogP contribution in [0.15, 0.2) is 71.3 Å². The molecule has 2 heterocycles. The summed E-state index contributed by atoms with van der Waals surface area (Å²) in [7, 11) is 6.72. The van der Waals surface area contributed by atoms with Crippen molar-refractivity contribution in [2.24, 2.45) is 0 Å². The number of aromatic amines is 1. The molecule has 9 heteroatoms. The third-order valence-corrected chi connectivity index (χ3v) is 6.34. The van der Waals surface area contributed by atoms with E-state index in [1.54, 1.807) is 11.2 Å². The highest BCUT2D eigenvalue weighted by molar-refractivity contribution is 6.14. The lowest BCUT2D eigenvalue weighted by molar-refractivity contribution is 0.0716. The van der Waals surface area contributed by atoms with Crippen LogP contribution in [0.4, 0.5) is 0 Å². The number of aryl methyl sites for hydroxylation is 1. The minimum atomic E-state index is -0.593. The third-order valence-electron chi connectivity index (χ3n) is 6.34. The van der Waals surface area contributed by atoms with Gasteiger partial charge in [0.25, 0.3) is 5.91 Å². The van der Waals surface area contributed by atoms with Crippen molar-refractivity contribution in [3.05, 3.63) is 83.9 Å². The summed E-state index contributed by atoms with van der Waals surface area (Å²) in [6.07, 6.45) is 7.18. The lowest BCUT2D eigenvalue weighted by Gasteiger charge is -2.31. The molecule has 4 aromatic rings. The van der Waals surface area contributed by atoms with E-state index < -0.39 is 5.94 Å². The summed E-state index contributed by atoms with van der Waals surface area (Å²) in [4.78, 5) is 15.3. The summed E-state index contributed by atoms with van der Waals surface area (Å²) < 4.78 is 11.6. The highest BCUT2D eigenvalue weighted by Crippen LogP contribution is 2.37. The molecule has 1 atom stereocenters. The molecule has 1 aliphatic rings. The number of carbonyl (C=O) groups is 1. The number of ether oxygens (including phenoxy) is 1. The maximum Gasteiger partial charge on any atom is 0.253 e. The van der Waals surface area contributed by atoms with Gasteiger partial charge in [-0.1, -0.05) is 35.5 Å². The number of furan rings is 1. The molecule has 5 rings (SSSR count). The number of tetrazole rings is 1. The molecule has 1 N–H and O–H groups in total. The van der Waals surface area contributed by atoms with Gasteiger partial charge in [-0.2, -0.15) is 5.21 Å². The molecule has 0 bridgehead atoms. The normalized spacial score (nSPS) is 13.9. The van der Waals surface area contributed by atoms with Gasteiger partial charge in [0.15, 0.2) is 5.82 Å². The molecule has 2 aromatic carbocycles. The number of nitrogens with zero attached hydrogens (tertiary/aromatic N) is 4. The molecule has 0 spiro atoms. The zero-order chi connectivity index (χ0) is 24.7. The van der Waals surface area contributed by atoms with Gasteiger partial charge in [0.1, 0.15) is 19.4 Å². The minimum absolute atomic E-state index is 0.0766. The Morgan fingerprint density at radius 3 is 2.64 bits per heavy atom. The molecule has 2 radical (unpaired) electrons. The standard InChI is InChI=1S/C27H28BN5O3/c28-26(22-7-3-4-8-24(22)36-17-5-1-2-10-25-29-31-32-30-25)33(21-15-16-21)27(34)20-13-11-19(12-14-20)23-9-6-18-35-23/h3-4,6-9,11-14,18,21,26H,1-2,5,10,15-17H2,(H,29,30,31,32). The number of rotatable bonds is 12. The van der Waals surface area contributed by atoms with Gasteiger partial charge >= 0.3 is 0 Å². The summed E-state index contributed by atoms with van der Waals surface area (Å²) in [6, 6.07) is 19.1. The largest absolute Gasteiger partial charge is 0.493 e. The van der Waals surface area contributed by atoms with Crippen LogP contribution >= 0.6 is 0 Å². The smallest absolute Gasteiger partial charge is 0.253 e. The maximum absolute atomic E-state index is 13.5. The average molecular weight is 481 g/mol. The maximum atomic E-state index is 13.5. The van der Waals surface area contributed by atoms with Gasteiger partial charge < -0.3 is 14.1 Å². The van der Waals surface area contributed by atoms with Crippen LogP contribution in [0.25, 0.3) is 11.3 Å². The molecule has 1 fully saturated rings. The van der Waals surface area contributed by atoms with Crippen molar-refractivity contribution in [3.8, 4) is 17.1 Å². The lowest BCUT2D eigenvalue weighted by Crippen LogP contribution is -2.37. The van der Waals surface area contributed by atoms with Crippen molar-refractivity contribution < 1.29 is 13.9 Å². The van der Waals surface area contributed by atoms with Crippen LogP contribution in [-0.2, 0) is 6.42 Å². The van der Waals surface area contributed by atoms with Crippen molar-refractivity contribution in [1.82, 2.24) is 25.5 Å². The van der Waals surface area contributed by atoms with Crippen LogP contribution in [-0.4, -0.2) is 51.9 Å². The van der Waals surface area contributed by atoms with E-state index in [2.05, 4.69) is 20.6 Å². The van der Waals surface area contributed by atoms with Gasteiger partial charge in [0.05, 0.1) is 12.9 Å². The SMILES string of the molecule is [B]C(c1ccccc1OCCCCCc1nn[nH]n1)N(C(=O)c1ccc(-c2ccco2)cc1)C1CC1. The minimum Gasteiger partial charge on any atom is -0.493 e. The molecule has 1 saturated carbocycles. The third kappa shape index (κ3) is 5.67. The van der Waals surface area contributed by atoms with Crippen molar-refractivity contribution in [1.29, 1.82) is 0 Å². The molecule has 0 aliphatic heterocycles. The van der Waals surface area contributed by atoms with Gasteiger partial charge in [-0.3, -0.25) is 4.79 Å². The number of carbonyl (C=O) groups excluding carboxylic acids is 1. The highest BCUT2D eigenvalue weighted by Gasteiger charge is 2.37. The zero-order valence-electron chi connectivity index (χ0n) is 20.0. The Labute approximate surface area is 211 Å². The van der Waals surface area contributed by atoms with Crippen molar-refractivity contribution in [3.63, 3.8) is 0 Å². The first-order valence-corrected chi connectivity index (χ1v) is 12.4. The number of benzene rings is 2. The molecule has 0 saturated heterocycles. The summed E-state index contributed by atoms with van der Waals surface area (Å²) in [5.74, 6) is 1.55. The van der Waals surface area contributed by atoms with Crippen LogP contribution in [0, 0.1) is 0 Å². The number of amides is 1. The summed E-state index contributed by atoms with van der Waals surface area (Å²) >= 11 is 0. The number of hydrogen-bond donors (Lipinski definition) is 1. The molecular formula is C27H28BN5O3. The van der Waals surface area contributed by atoms with E-state index in [-0.39, 0.29) is 11.9 Å². The van der Waals surface area contributed by atoms with Crippen molar-refractivity contribution >= 4 is 13.8 Å². The number of unbranched alkanes of at least 4 members (excludes halogenated alkanes) is 2. The summed E-state index contributed by atoms with van der Waals surface area (Å²) in [6.45, 7) is 0.571. The van der Waals surface area contributed by atoms with E-state index in [1.807, 2.05) is 60.7 Å². The fraction of sp³-hybridized carbons (Fsp3) is 0.333. The number of nitrogens with one attached hydrogen (secondary N) is 1. The predicted octanol–water partition coefficient (Wildman–Crippen LogP) is 4.72. The Kier molecular flexibility index (Phi) is 7.45. The first-order valence-electron chi connectivity index (χ1n) is 12.4. The fourth-order valence-corrected chi connectivity index (χ4v) is 4.28. The second-order valence-electron chi connectivity index (χ2n) is 8.97. The first-order chi connectivity index (χ1) is 17.7. The molecule has 1 aliphatic carbocycles. The highest BCUT2D eigenvalue weighted by atomic mass is 16.5. The molecule has 36 heavy (non-hydrogen) atoms. The Hall–Kier alpha value is -3.88. The van der Waals surface area contributed by atoms with Crippen molar-refractivity contribution in [2.45, 2.75) is 50.5 Å². The molecule has 2 aromatic heterocycles. The van der Waals surface area contributed by atoms with Crippen LogP contribution in [0.3, 0.4) is 0 Å². The van der Waals surface area contributed by atoms with E-state index in [0.29, 0.717) is 12.2 Å². The Morgan fingerprint density at radius 2 is 1.92 bits per heavy atom. The van der Waals surface area contributed by atoms with Crippen LogP contribution in [0.2, 0.25) is 0 Å². The van der Waals surface area contributed by atoms with Gasteiger partial charge in [-0.15, -0.1) is 10.2 Å². The van der Waals surface area contributed by atoms with Crippen LogP contribution in [0.5, 0.6) is 5.75 Å². The van der Waals surface area contributed by atoms with Crippen LogP contribution < -0.4 is 4.74 Å². The Bertz CT molecular complexity index is 1240. The Morgan fingerprint density at radius 1 is 1.08 bits per heavy atom. The summed E-state index contributed by atoms with van der Waals surface area (Å²) in [5, 5.41) is 14.0. The first kappa shape index (κ1) is 23.8. The summed E-state index contributed by atoms with van der Waals surface area (Å²) in [5.41, 5.74) is 2.35. The van der Waals surface area contributed by atoms with E-state index in [4.69, 9.17) is 17.0 Å². The van der Waals surface area contributed by atoms with Gasteiger partial charge in [0, 0.05) is 35.1 Å².